The Kier molecular flexibility index (Phi) is 3.28. The van der Waals surface area contributed by atoms with Crippen LogP contribution in [0.5, 0.6) is 0 Å². The van der Waals surface area contributed by atoms with E-state index in [1.165, 1.54) is 12.0 Å². The molecule has 2 atom stereocenters. The molecule has 0 aliphatic heterocycles. The van der Waals surface area contributed by atoms with Gasteiger partial charge in [0.1, 0.15) is 0 Å². The minimum atomic E-state index is 0.572. The van der Waals surface area contributed by atoms with Crippen LogP contribution >= 0.6 is 0 Å². The summed E-state index contributed by atoms with van der Waals surface area (Å²) in [7, 11) is 0. The van der Waals surface area contributed by atoms with Gasteiger partial charge in [-0.25, -0.2) is 4.98 Å². The van der Waals surface area contributed by atoms with Crippen LogP contribution in [0.2, 0.25) is 0 Å². The standard InChI is InChI=1S/C16H21N3/c1-3-9-17-16-18-12(2)11-19(16)15-10-14(15)13-7-5-4-6-8-13/h4-8,11,14-15H,3,9-10H2,1-2H3,(H,17,18). The lowest BCUT2D eigenvalue weighted by atomic mass is 10.1. The molecule has 1 saturated carbocycles. The van der Waals surface area contributed by atoms with E-state index in [2.05, 4.69) is 65.2 Å². The second-order valence-corrected chi connectivity index (χ2v) is 5.36. The van der Waals surface area contributed by atoms with E-state index in [0.29, 0.717) is 12.0 Å². The smallest absolute Gasteiger partial charge is 0.203 e. The summed E-state index contributed by atoms with van der Waals surface area (Å²) in [5.41, 5.74) is 2.54. The highest BCUT2D eigenvalue weighted by Gasteiger charge is 2.40. The number of rotatable bonds is 5. The quantitative estimate of drug-likeness (QED) is 0.882. The summed E-state index contributed by atoms with van der Waals surface area (Å²) in [4.78, 5) is 4.59. The lowest BCUT2D eigenvalue weighted by Gasteiger charge is -2.08. The van der Waals surface area contributed by atoms with Crippen LogP contribution in [-0.4, -0.2) is 16.1 Å². The number of nitrogens with zero attached hydrogens (tertiary/aromatic N) is 2. The van der Waals surface area contributed by atoms with Gasteiger partial charge < -0.3 is 9.88 Å². The molecule has 100 valence electrons. The van der Waals surface area contributed by atoms with Gasteiger partial charge in [0.15, 0.2) is 0 Å². The first-order valence-corrected chi connectivity index (χ1v) is 7.14. The third kappa shape index (κ3) is 2.50. The molecule has 19 heavy (non-hydrogen) atoms. The van der Waals surface area contributed by atoms with Crippen LogP contribution in [0.3, 0.4) is 0 Å². The van der Waals surface area contributed by atoms with Crippen LogP contribution in [0.1, 0.15) is 43.0 Å². The fourth-order valence-electron chi connectivity index (χ4n) is 2.68. The predicted molar refractivity (Wildman–Crippen MR) is 78.6 cm³/mol. The van der Waals surface area contributed by atoms with Crippen molar-refractivity contribution in [2.45, 2.75) is 38.6 Å². The average molecular weight is 255 g/mol. The van der Waals surface area contributed by atoms with Crippen molar-refractivity contribution >= 4 is 5.95 Å². The molecule has 3 nitrogen and oxygen atoms in total. The zero-order chi connectivity index (χ0) is 13.2. The molecular weight excluding hydrogens is 234 g/mol. The maximum absolute atomic E-state index is 4.59. The summed E-state index contributed by atoms with van der Waals surface area (Å²) in [6, 6.07) is 11.4. The summed E-state index contributed by atoms with van der Waals surface area (Å²) >= 11 is 0. The zero-order valence-corrected chi connectivity index (χ0v) is 11.6. The van der Waals surface area contributed by atoms with Crippen LogP contribution < -0.4 is 5.32 Å². The molecule has 2 aromatic rings. The summed E-state index contributed by atoms with van der Waals surface area (Å²) in [5.74, 6) is 1.68. The van der Waals surface area contributed by atoms with E-state index in [4.69, 9.17) is 0 Å². The maximum Gasteiger partial charge on any atom is 0.203 e. The highest BCUT2D eigenvalue weighted by atomic mass is 15.2. The molecule has 1 N–H and O–H groups in total. The number of hydrogen-bond acceptors (Lipinski definition) is 2. The Labute approximate surface area is 114 Å². The van der Waals surface area contributed by atoms with Crippen molar-refractivity contribution in [3.05, 3.63) is 47.8 Å². The highest BCUT2D eigenvalue weighted by molar-refractivity contribution is 5.35. The first kappa shape index (κ1) is 12.3. The molecule has 0 amide bonds. The van der Waals surface area contributed by atoms with Crippen molar-refractivity contribution in [2.24, 2.45) is 0 Å². The zero-order valence-electron chi connectivity index (χ0n) is 11.6. The van der Waals surface area contributed by atoms with Gasteiger partial charge in [-0.2, -0.15) is 0 Å². The minimum absolute atomic E-state index is 0.572. The van der Waals surface area contributed by atoms with Crippen molar-refractivity contribution in [3.63, 3.8) is 0 Å². The summed E-state index contributed by atoms with van der Waals surface area (Å²) < 4.78 is 2.32. The van der Waals surface area contributed by atoms with E-state index in [0.717, 1.165) is 24.6 Å². The number of hydrogen-bond donors (Lipinski definition) is 1. The Hall–Kier alpha value is -1.77. The van der Waals surface area contributed by atoms with E-state index >= 15 is 0 Å². The molecule has 3 rings (SSSR count). The molecule has 2 unspecified atom stereocenters. The van der Waals surface area contributed by atoms with E-state index in [-0.39, 0.29) is 0 Å². The van der Waals surface area contributed by atoms with Crippen molar-refractivity contribution in [1.29, 1.82) is 0 Å². The van der Waals surface area contributed by atoms with Crippen molar-refractivity contribution in [2.75, 3.05) is 11.9 Å². The number of benzene rings is 1. The molecule has 1 aliphatic carbocycles. The van der Waals surface area contributed by atoms with Crippen molar-refractivity contribution in [1.82, 2.24) is 9.55 Å². The molecule has 0 bridgehead atoms. The van der Waals surface area contributed by atoms with Gasteiger partial charge in [0.25, 0.3) is 0 Å². The fraction of sp³-hybridized carbons (Fsp3) is 0.438. The summed E-state index contributed by atoms with van der Waals surface area (Å²) in [6.07, 6.45) is 4.52. The van der Waals surface area contributed by atoms with Crippen LogP contribution in [0.15, 0.2) is 36.5 Å². The first-order valence-electron chi connectivity index (χ1n) is 7.14. The molecule has 1 aromatic carbocycles. The Balaban J connectivity index is 1.77. The molecule has 1 heterocycles. The monoisotopic (exact) mass is 255 g/mol. The average Bonchev–Trinajstić information content (AvgIpc) is 3.15. The largest absolute Gasteiger partial charge is 0.356 e. The molecule has 3 heteroatoms. The third-order valence-electron chi connectivity index (χ3n) is 3.73. The van der Waals surface area contributed by atoms with Gasteiger partial charge in [-0.05, 0) is 25.3 Å². The Morgan fingerprint density at radius 3 is 2.84 bits per heavy atom. The lowest BCUT2D eigenvalue weighted by Crippen LogP contribution is -2.07. The van der Waals surface area contributed by atoms with Crippen LogP contribution in [0, 0.1) is 6.92 Å². The molecule has 0 saturated heterocycles. The molecule has 1 fully saturated rings. The van der Waals surface area contributed by atoms with Gasteiger partial charge in [0, 0.05) is 24.7 Å². The minimum Gasteiger partial charge on any atom is -0.356 e. The second-order valence-electron chi connectivity index (χ2n) is 5.36. The Morgan fingerprint density at radius 2 is 2.11 bits per heavy atom. The molecular formula is C16H21N3. The number of imidazole rings is 1. The molecule has 1 aliphatic rings. The number of aromatic nitrogens is 2. The summed E-state index contributed by atoms with van der Waals surface area (Å²) in [5, 5.41) is 3.43. The first-order chi connectivity index (χ1) is 9.29. The topological polar surface area (TPSA) is 29.9 Å². The van der Waals surface area contributed by atoms with Crippen molar-refractivity contribution < 1.29 is 0 Å². The number of aryl methyl sites for hydroxylation is 1. The van der Waals surface area contributed by atoms with E-state index in [1.54, 1.807) is 0 Å². The molecule has 0 radical (unpaired) electrons. The van der Waals surface area contributed by atoms with Gasteiger partial charge in [0.05, 0.1) is 5.69 Å². The second kappa shape index (κ2) is 5.08. The van der Waals surface area contributed by atoms with Gasteiger partial charge in [-0.1, -0.05) is 37.3 Å². The Bertz CT molecular complexity index is 544. The van der Waals surface area contributed by atoms with Crippen LogP contribution in [0.25, 0.3) is 0 Å². The Morgan fingerprint density at radius 1 is 1.32 bits per heavy atom. The van der Waals surface area contributed by atoms with Crippen LogP contribution in [-0.2, 0) is 0 Å². The SMILES string of the molecule is CCCNc1nc(C)cn1C1CC1c1ccccc1. The predicted octanol–water partition coefficient (Wildman–Crippen LogP) is 3.74. The number of nitrogens with one attached hydrogen (secondary N) is 1. The number of anilines is 1. The lowest BCUT2D eigenvalue weighted by molar-refractivity contribution is 0.717. The van der Waals surface area contributed by atoms with Crippen LogP contribution in [0.4, 0.5) is 5.95 Å². The van der Waals surface area contributed by atoms with Gasteiger partial charge in [0.2, 0.25) is 5.95 Å². The van der Waals surface area contributed by atoms with E-state index in [1.807, 2.05) is 0 Å². The van der Waals surface area contributed by atoms with Gasteiger partial charge >= 0.3 is 0 Å². The fourth-order valence-corrected chi connectivity index (χ4v) is 2.68. The van der Waals surface area contributed by atoms with E-state index in [9.17, 15) is 0 Å². The van der Waals surface area contributed by atoms with E-state index < -0.39 is 0 Å². The van der Waals surface area contributed by atoms with Gasteiger partial charge in [-0.3, -0.25) is 0 Å². The maximum atomic E-state index is 4.59. The summed E-state index contributed by atoms with van der Waals surface area (Å²) in [6.45, 7) is 5.23. The molecule has 1 aromatic heterocycles. The van der Waals surface area contributed by atoms with Gasteiger partial charge in [-0.15, -0.1) is 0 Å². The normalized spacial score (nSPS) is 21.4. The highest BCUT2D eigenvalue weighted by Crippen LogP contribution is 2.52. The molecule has 0 spiro atoms. The third-order valence-corrected chi connectivity index (χ3v) is 3.73. The van der Waals surface area contributed by atoms with Crippen molar-refractivity contribution in [3.8, 4) is 0 Å².